The van der Waals surface area contributed by atoms with E-state index in [1.54, 1.807) is 0 Å². The van der Waals surface area contributed by atoms with Gasteiger partial charge in [-0.15, -0.1) is 0 Å². The van der Waals surface area contributed by atoms with Crippen LogP contribution in [0.2, 0.25) is 5.02 Å². The van der Waals surface area contributed by atoms with Crippen molar-refractivity contribution in [2.24, 2.45) is 0 Å². The lowest BCUT2D eigenvalue weighted by Crippen LogP contribution is -2.27. The maximum Gasteiger partial charge on any atom is 0.231 e. The molecule has 0 fully saturated rings. The molecule has 1 aromatic heterocycles. The fraction of sp³-hybridized carbons (Fsp3) is 0.429. The SMILES string of the molecule is CNC(C)C(C)c1nc(Cc2ccc(Cl)cc2)no1. The summed E-state index contributed by atoms with van der Waals surface area (Å²) in [6.07, 6.45) is 0.654. The summed E-state index contributed by atoms with van der Waals surface area (Å²) in [4.78, 5) is 4.45. The number of likely N-dealkylation sites (N-methyl/N-ethyl adjacent to an activating group) is 1. The number of benzene rings is 1. The van der Waals surface area contributed by atoms with Gasteiger partial charge < -0.3 is 9.84 Å². The second-order valence-corrected chi connectivity index (χ2v) is 5.15. The van der Waals surface area contributed by atoms with E-state index >= 15 is 0 Å². The first-order valence-electron chi connectivity index (χ1n) is 6.34. The highest BCUT2D eigenvalue weighted by Crippen LogP contribution is 2.18. The predicted molar refractivity (Wildman–Crippen MR) is 75.5 cm³/mol. The van der Waals surface area contributed by atoms with E-state index in [4.69, 9.17) is 16.1 Å². The standard InChI is InChI=1S/C14H18ClN3O/c1-9(10(2)16-3)14-17-13(18-19-14)8-11-4-6-12(15)7-5-11/h4-7,9-10,16H,8H2,1-3H3. The highest BCUT2D eigenvalue weighted by molar-refractivity contribution is 6.30. The molecule has 19 heavy (non-hydrogen) atoms. The predicted octanol–water partition coefficient (Wildman–Crippen LogP) is 3.03. The van der Waals surface area contributed by atoms with Crippen molar-refractivity contribution in [2.75, 3.05) is 7.05 Å². The fourth-order valence-corrected chi connectivity index (χ4v) is 1.90. The van der Waals surface area contributed by atoms with Gasteiger partial charge in [0.15, 0.2) is 5.82 Å². The average Bonchev–Trinajstić information content (AvgIpc) is 2.88. The summed E-state index contributed by atoms with van der Waals surface area (Å²) >= 11 is 5.85. The number of rotatable bonds is 5. The molecule has 0 amide bonds. The molecule has 0 saturated heterocycles. The third kappa shape index (κ3) is 3.55. The summed E-state index contributed by atoms with van der Waals surface area (Å²) in [7, 11) is 1.92. The summed E-state index contributed by atoms with van der Waals surface area (Å²) in [6.45, 7) is 4.16. The molecule has 2 unspecified atom stereocenters. The summed E-state index contributed by atoms with van der Waals surface area (Å²) in [5.74, 6) is 1.56. The molecule has 0 spiro atoms. The molecule has 0 bridgehead atoms. The zero-order chi connectivity index (χ0) is 13.8. The van der Waals surface area contributed by atoms with E-state index in [1.807, 2.05) is 31.3 Å². The van der Waals surface area contributed by atoms with Crippen LogP contribution in [-0.2, 0) is 6.42 Å². The molecule has 1 heterocycles. The Hall–Kier alpha value is -1.39. The Bertz CT molecular complexity index is 524. The summed E-state index contributed by atoms with van der Waals surface area (Å²) in [5.41, 5.74) is 1.12. The van der Waals surface area contributed by atoms with Crippen LogP contribution in [0.25, 0.3) is 0 Å². The normalized spacial score (nSPS) is 14.3. The molecule has 2 rings (SSSR count). The van der Waals surface area contributed by atoms with Crippen LogP contribution in [0.3, 0.4) is 0 Å². The van der Waals surface area contributed by atoms with E-state index in [2.05, 4.69) is 29.3 Å². The van der Waals surface area contributed by atoms with Crippen LogP contribution in [0.5, 0.6) is 0 Å². The Kier molecular flexibility index (Phi) is 4.56. The largest absolute Gasteiger partial charge is 0.339 e. The number of halogens is 1. The fourth-order valence-electron chi connectivity index (χ4n) is 1.77. The van der Waals surface area contributed by atoms with Crippen molar-refractivity contribution < 1.29 is 4.52 Å². The summed E-state index contributed by atoms with van der Waals surface area (Å²) in [6, 6.07) is 7.97. The van der Waals surface area contributed by atoms with E-state index in [0.717, 1.165) is 10.6 Å². The smallest absolute Gasteiger partial charge is 0.231 e. The zero-order valence-corrected chi connectivity index (χ0v) is 12.1. The van der Waals surface area contributed by atoms with Gasteiger partial charge >= 0.3 is 0 Å². The van der Waals surface area contributed by atoms with Gasteiger partial charge in [-0.25, -0.2) is 0 Å². The van der Waals surface area contributed by atoms with E-state index in [9.17, 15) is 0 Å². The monoisotopic (exact) mass is 279 g/mol. The van der Waals surface area contributed by atoms with Gasteiger partial charge in [-0.05, 0) is 31.7 Å². The Labute approximate surface area is 118 Å². The van der Waals surface area contributed by atoms with Gasteiger partial charge in [0.2, 0.25) is 5.89 Å². The number of nitrogens with zero attached hydrogens (tertiary/aromatic N) is 2. The second-order valence-electron chi connectivity index (χ2n) is 4.72. The average molecular weight is 280 g/mol. The Balaban J connectivity index is 2.07. The molecule has 1 N–H and O–H groups in total. The number of hydrogen-bond donors (Lipinski definition) is 1. The molecule has 5 heteroatoms. The summed E-state index contributed by atoms with van der Waals surface area (Å²) in [5, 5.41) is 7.94. The van der Waals surface area contributed by atoms with E-state index in [1.165, 1.54) is 0 Å². The number of hydrogen-bond acceptors (Lipinski definition) is 4. The van der Waals surface area contributed by atoms with Gasteiger partial charge in [0.25, 0.3) is 0 Å². The highest BCUT2D eigenvalue weighted by atomic mass is 35.5. The first-order chi connectivity index (χ1) is 9.10. The number of aromatic nitrogens is 2. The minimum absolute atomic E-state index is 0.191. The van der Waals surface area contributed by atoms with Crippen molar-refractivity contribution in [1.82, 2.24) is 15.5 Å². The molecule has 1 aromatic carbocycles. The minimum atomic E-state index is 0.191. The highest BCUT2D eigenvalue weighted by Gasteiger charge is 2.19. The summed E-state index contributed by atoms with van der Waals surface area (Å²) < 4.78 is 5.32. The lowest BCUT2D eigenvalue weighted by atomic mass is 10.0. The zero-order valence-electron chi connectivity index (χ0n) is 11.4. The van der Waals surface area contributed by atoms with Gasteiger partial charge in [-0.3, -0.25) is 0 Å². The van der Waals surface area contributed by atoms with Crippen molar-refractivity contribution in [3.8, 4) is 0 Å². The number of nitrogens with one attached hydrogen (secondary N) is 1. The minimum Gasteiger partial charge on any atom is -0.339 e. The van der Waals surface area contributed by atoms with E-state index in [-0.39, 0.29) is 5.92 Å². The second kappa shape index (κ2) is 6.17. The topological polar surface area (TPSA) is 51.0 Å². The molecule has 0 aliphatic rings. The van der Waals surface area contributed by atoms with Crippen LogP contribution in [0.15, 0.2) is 28.8 Å². The molecule has 0 saturated carbocycles. The van der Waals surface area contributed by atoms with Crippen LogP contribution < -0.4 is 5.32 Å². The lowest BCUT2D eigenvalue weighted by molar-refractivity contribution is 0.333. The molecule has 4 nitrogen and oxygen atoms in total. The van der Waals surface area contributed by atoms with Gasteiger partial charge in [0.05, 0.1) is 5.92 Å². The Morgan fingerprint density at radius 1 is 1.26 bits per heavy atom. The molecular formula is C14H18ClN3O. The van der Waals surface area contributed by atoms with Crippen LogP contribution in [-0.4, -0.2) is 23.2 Å². The molecule has 2 aromatic rings. The van der Waals surface area contributed by atoms with Gasteiger partial charge in [-0.2, -0.15) is 4.98 Å². The van der Waals surface area contributed by atoms with Crippen LogP contribution in [0.1, 0.15) is 37.0 Å². The lowest BCUT2D eigenvalue weighted by Gasteiger charge is -2.14. The third-order valence-corrected chi connectivity index (χ3v) is 3.61. The van der Waals surface area contributed by atoms with E-state index < -0.39 is 0 Å². The van der Waals surface area contributed by atoms with Crippen LogP contribution in [0, 0.1) is 0 Å². The first kappa shape index (κ1) is 14.0. The maximum atomic E-state index is 5.85. The van der Waals surface area contributed by atoms with Crippen LogP contribution >= 0.6 is 11.6 Å². The first-order valence-corrected chi connectivity index (χ1v) is 6.72. The van der Waals surface area contributed by atoms with Crippen molar-refractivity contribution in [3.05, 3.63) is 46.6 Å². The molecule has 0 radical (unpaired) electrons. The third-order valence-electron chi connectivity index (χ3n) is 3.35. The Morgan fingerprint density at radius 2 is 1.95 bits per heavy atom. The Morgan fingerprint density at radius 3 is 2.58 bits per heavy atom. The van der Waals surface area contributed by atoms with Crippen LogP contribution in [0.4, 0.5) is 0 Å². The van der Waals surface area contributed by atoms with Gasteiger partial charge in [0, 0.05) is 17.5 Å². The van der Waals surface area contributed by atoms with Crippen molar-refractivity contribution in [2.45, 2.75) is 32.2 Å². The maximum absolute atomic E-state index is 5.85. The quantitative estimate of drug-likeness (QED) is 0.914. The van der Waals surface area contributed by atoms with Gasteiger partial charge in [-0.1, -0.05) is 35.8 Å². The van der Waals surface area contributed by atoms with Crippen molar-refractivity contribution in [1.29, 1.82) is 0 Å². The molecule has 0 aliphatic carbocycles. The molecule has 0 aliphatic heterocycles. The molecular weight excluding hydrogens is 262 g/mol. The van der Waals surface area contributed by atoms with Crippen molar-refractivity contribution in [3.63, 3.8) is 0 Å². The van der Waals surface area contributed by atoms with Gasteiger partial charge in [0.1, 0.15) is 0 Å². The molecule has 2 atom stereocenters. The molecule has 102 valence electrons. The van der Waals surface area contributed by atoms with E-state index in [0.29, 0.717) is 24.2 Å². The van der Waals surface area contributed by atoms with Crippen molar-refractivity contribution >= 4 is 11.6 Å².